The van der Waals surface area contributed by atoms with Crippen molar-refractivity contribution in [3.63, 3.8) is 0 Å². The van der Waals surface area contributed by atoms with Gasteiger partial charge in [-0.15, -0.1) is 29.5 Å². The molecule has 1 radical (unpaired) electrons. The second-order valence-electron chi connectivity index (χ2n) is 11.6. The van der Waals surface area contributed by atoms with Crippen molar-refractivity contribution in [3.05, 3.63) is 71.1 Å². The van der Waals surface area contributed by atoms with Gasteiger partial charge in [0.2, 0.25) is 5.71 Å². The third-order valence-corrected chi connectivity index (χ3v) is 8.26. The van der Waals surface area contributed by atoms with E-state index in [9.17, 15) is 9.90 Å². The van der Waals surface area contributed by atoms with E-state index < -0.39 is 18.6 Å². The molecule has 1 atom stereocenters. The van der Waals surface area contributed by atoms with Gasteiger partial charge in [-0.1, -0.05) is 65.5 Å². The van der Waals surface area contributed by atoms with Gasteiger partial charge < -0.3 is 14.5 Å². The van der Waals surface area contributed by atoms with Crippen molar-refractivity contribution in [1.82, 2.24) is 9.97 Å². The minimum Gasteiger partial charge on any atom is -0.512 e. The zero-order chi connectivity index (χ0) is 34.9. The molecule has 0 saturated carbocycles. The summed E-state index contributed by atoms with van der Waals surface area (Å²) in [7, 11) is 0. The number of aliphatic hydroxyl groups excluding tert-OH is 1. The minimum atomic E-state index is -2.32. The molecule has 0 spiro atoms. The number of benzene rings is 1. The summed E-state index contributed by atoms with van der Waals surface area (Å²) in [6.07, 6.45) is 4.16. The number of hydrogen-bond acceptors (Lipinski definition) is 6. The third kappa shape index (κ3) is 8.20. The Morgan fingerprint density at radius 2 is 1.91 bits per heavy atom. The van der Waals surface area contributed by atoms with Crippen molar-refractivity contribution >= 4 is 49.3 Å². The molecule has 1 aromatic carbocycles. The summed E-state index contributed by atoms with van der Waals surface area (Å²) >= 11 is 1.48. The van der Waals surface area contributed by atoms with Gasteiger partial charge >= 0.3 is 0 Å². The molecule has 5 rings (SSSR count). The number of pyridine rings is 2. The van der Waals surface area contributed by atoms with E-state index in [-0.39, 0.29) is 54.9 Å². The second-order valence-corrected chi connectivity index (χ2v) is 12.5. The second kappa shape index (κ2) is 14.7. The number of nitrogens with zero attached hydrogens (tertiary/aromatic N) is 2. The Labute approximate surface area is 280 Å². The van der Waals surface area contributed by atoms with Crippen molar-refractivity contribution in [2.24, 2.45) is 17.3 Å². The van der Waals surface area contributed by atoms with E-state index >= 15 is 0 Å². The van der Waals surface area contributed by atoms with Gasteiger partial charge in [0.15, 0.2) is 5.78 Å². The van der Waals surface area contributed by atoms with Crippen LogP contribution in [-0.4, -0.2) is 20.9 Å². The number of fused-ring (bicyclic) bond motifs is 4. The fourth-order valence-corrected chi connectivity index (χ4v) is 5.58. The molecule has 231 valence electrons. The number of hydrogen-bond donors (Lipinski definition) is 1. The molecular weight excluding hydrogens is 733 g/mol. The standard InChI is InChI=1S/C24H21N2OS.C12H22O2.Ir/c1-14-8-9-17-16-6-5-7-18(22(16)27-23(17)26-14)20-10-21-19(12-25-20)15(13-28-21)11-24(2,3)4;1-5-9(4)11(13)8-12(14)10(6-2)7-3;/h5-6,8-10,12-13H,11H2,1-4H3;8-10,13H,5-7H2,1-4H3;/q-1;;/b;11-8-;/i1D3,11D2;;. The molecule has 4 aromatic heterocycles. The maximum atomic E-state index is 11.6. The van der Waals surface area contributed by atoms with Crippen LogP contribution in [0.3, 0.4) is 0 Å². The molecule has 0 amide bonds. The Balaban J connectivity index is 0.000000356. The van der Waals surface area contributed by atoms with Crippen LogP contribution in [0.5, 0.6) is 0 Å². The molecule has 1 unspecified atom stereocenters. The summed E-state index contributed by atoms with van der Waals surface area (Å²) in [5, 5.41) is 13.8. The maximum Gasteiger partial charge on any atom is 0.216 e. The summed E-state index contributed by atoms with van der Waals surface area (Å²) in [4.78, 5) is 20.4. The Kier molecular flexibility index (Phi) is 9.49. The van der Waals surface area contributed by atoms with Crippen LogP contribution < -0.4 is 0 Å². The average molecular weight is 781 g/mol. The van der Waals surface area contributed by atoms with Crippen LogP contribution in [0, 0.1) is 30.2 Å². The van der Waals surface area contributed by atoms with Crippen LogP contribution in [0.4, 0.5) is 0 Å². The van der Waals surface area contributed by atoms with Crippen LogP contribution in [0.1, 0.15) is 85.8 Å². The Bertz CT molecular complexity index is 1920. The predicted octanol–water partition coefficient (Wildman–Crippen LogP) is 10.4. The number of aromatic nitrogens is 2. The van der Waals surface area contributed by atoms with Crippen LogP contribution in [0.2, 0.25) is 0 Å². The van der Waals surface area contributed by atoms with Crippen LogP contribution in [0.15, 0.2) is 58.2 Å². The molecule has 0 aliphatic rings. The molecule has 0 saturated heterocycles. The number of carbonyl (C=O) groups excluding carboxylic acids is 1. The van der Waals surface area contributed by atoms with E-state index in [1.165, 1.54) is 23.5 Å². The fourth-order valence-electron chi connectivity index (χ4n) is 4.68. The predicted molar refractivity (Wildman–Crippen MR) is 176 cm³/mol. The number of aryl methyl sites for hydroxylation is 1. The van der Waals surface area contributed by atoms with Crippen molar-refractivity contribution in [1.29, 1.82) is 0 Å². The molecule has 4 heterocycles. The Morgan fingerprint density at radius 3 is 2.56 bits per heavy atom. The molecule has 1 N–H and O–H groups in total. The van der Waals surface area contributed by atoms with Crippen LogP contribution in [0.25, 0.3) is 43.4 Å². The topological polar surface area (TPSA) is 76.2 Å². The Hall–Kier alpha value is -2.86. The summed E-state index contributed by atoms with van der Waals surface area (Å²) in [6.45, 7) is 11.3. The van der Waals surface area contributed by atoms with E-state index in [4.69, 9.17) is 11.3 Å². The summed E-state index contributed by atoms with van der Waals surface area (Å²) in [6, 6.07) is 12.0. The molecular formula is C36H43IrN2O3S-. The largest absolute Gasteiger partial charge is 0.512 e. The maximum absolute atomic E-state index is 11.6. The first-order valence-corrected chi connectivity index (χ1v) is 15.4. The number of thiophene rings is 1. The van der Waals surface area contributed by atoms with Gasteiger partial charge in [0.1, 0.15) is 0 Å². The van der Waals surface area contributed by atoms with Gasteiger partial charge in [-0.25, -0.2) is 4.98 Å². The van der Waals surface area contributed by atoms with E-state index in [2.05, 4.69) is 16.0 Å². The number of ketones is 1. The molecule has 0 aliphatic carbocycles. The summed E-state index contributed by atoms with van der Waals surface area (Å²) in [5.74, 6) is 0.451. The first-order valence-electron chi connectivity index (χ1n) is 17.0. The van der Waals surface area contributed by atoms with Crippen molar-refractivity contribution < 1.29 is 41.3 Å². The van der Waals surface area contributed by atoms with Crippen LogP contribution in [-0.2, 0) is 31.3 Å². The van der Waals surface area contributed by atoms with E-state index in [0.29, 0.717) is 22.4 Å². The first kappa shape index (κ1) is 27.7. The molecule has 0 fully saturated rings. The number of allylic oxidation sites excluding steroid dienone is 2. The number of rotatable bonds is 8. The van der Waals surface area contributed by atoms with Gasteiger partial charge in [0, 0.05) is 72.2 Å². The normalized spacial score (nSPS) is 15.2. The first-order chi connectivity index (χ1) is 21.9. The zero-order valence-corrected chi connectivity index (χ0v) is 29.0. The van der Waals surface area contributed by atoms with Crippen molar-refractivity contribution in [2.75, 3.05) is 0 Å². The zero-order valence-electron chi connectivity index (χ0n) is 30.8. The van der Waals surface area contributed by atoms with Crippen LogP contribution >= 0.6 is 11.3 Å². The molecule has 5 aromatic rings. The number of carbonyl (C=O) groups is 1. The van der Waals surface area contributed by atoms with Crippen molar-refractivity contribution in [3.8, 4) is 11.3 Å². The summed E-state index contributed by atoms with van der Waals surface area (Å²) in [5.41, 5.74) is 2.16. The molecule has 0 aliphatic heterocycles. The summed E-state index contributed by atoms with van der Waals surface area (Å²) < 4.78 is 47.0. The fraction of sp³-hybridized carbons (Fsp3) is 0.417. The van der Waals surface area contributed by atoms with Gasteiger partial charge in [-0.2, -0.15) is 0 Å². The molecule has 7 heteroatoms. The monoisotopic (exact) mass is 781 g/mol. The number of furan rings is 1. The van der Waals surface area contributed by atoms with E-state index in [1.807, 2.05) is 66.0 Å². The number of aliphatic hydroxyl groups is 1. The average Bonchev–Trinajstić information content (AvgIpc) is 3.61. The molecule has 43 heavy (non-hydrogen) atoms. The minimum absolute atomic E-state index is 0. The molecule has 0 bridgehead atoms. The quantitative estimate of drug-likeness (QED) is 0.0964. The SMILES string of the molecule is CCC(CC)C(=O)/C=C(\O)C(C)CC.[2H]C([2H])([2H])c1ccc2c(n1)oc1c(-c3cc4scc(C([2H])([2H])C(C)(C)C)c4cn3)[c-]ccc12.[Ir]. The van der Waals surface area contributed by atoms with Gasteiger partial charge in [-0.3, -0.25) is 4.79 Å². The molecule has 5 nitrogen and oxygen atoms in total. The Morgan fingerprint density at radius 1 is 1.16 bits per heavy atom. The third-order valence-electron chi connectivity index (χ3n) is 7.32. The van der Waals surface area contributed by atoms with Gasteiger partial charge in [0.05, 0.1) is 11.3 Å². The van der Waals surface area contributed by atoms with Crippen molar-refractivity contribution in [2.45, 2.75) is 81.0 Å². The van der Waals surface area contributed by atoms with Gasteiger partial charge in [-0.05, 0) is 66.7 Å². The smallest absolute Gasteiger partial charge is 0.216 e. The van der Waals surface area contributed by atoms with Gasteiger partial charge in [0.25, 0.3) is 0 Å². The van der Waals surface area contributed by atoms with E-state index in [0.717, 1.165) is 40.1 Å². The van der Waals surface area contributed by atoms with E-state index in [1.54, 1.807) is 18.3 Å².